The number of aromatic nitrogens is 3. The Morgan fingerprint density at radius 2 is 1.93 bits per heavy atom. The van der Waals surface area contributed by atoms with Gasteiger partial charge in [-0.15, -0.1) is 34.2 Å². The van der Waals surface area contributed by atoms with Crippen LogP contribution in [0.5, 0.6) is 0 Å². The fraction of sp³-hybridized carbons (Fsp3) is 0.778. The average molecular weight is 491 g/mol. The summed E-state index contributed by atoms with van der Waals surface area (Å²) in [5.74, 6) is 2.63. The second-order valence-electron chi connectivity index (χ2n) is 6.76. The van der Waals surface area contributed by atoms with Crippen molar-refractivity contribution in [1.29, 1.82) is 0 Å². The van der Waals surface area contributed by atoms with Gasteiger partial charge >= 0.3 is 0 Å². The fourth-order valence-electron chi connectivity index (χ4n) is 3.18. The minimum absolute atomic E-state index is 0. The number of guanidine groups is 1. The minimum Gasteiger partial charge on any atom is -0.356 e. The number of carbonyl (C=O) groups is 1. The van der Waals surface area contributed by atoms with E-state index in [-0.39, 0.29) is 29.9 Å². The number of aryl methyl sites for hydroxylation is 1. The number of carbonyl (C=O) groups excluding carboxylic acids is 1. The van der Waals surface area contributed by atoms with Crippen molar-refractivity contribution >= 4 is 35.8 Å². The maximum Gasteiger partial charge on any atom is 0.224 e. The summed E-state index contributed by atoms with van der Waals surface area (Å²) in [6.07, 6.45) is 5.32. The van der Waals surface area contributed by atoms with Crippen LogP contribution < -0.4 is 10.6 Å². The molecular weight excluding hydrogens is 457 g/mol. The molecule has 1 aliphatic carbocycles. The third-order valence-electron chi connectivity index (χ3n) is 5.00. The molecule has 9 heteroatoms. The molecule has 1 aromatic heterocycles. The number of aliphatic imine (C=N–C) groups is 1. The highest BCUT2D eigenvalue weighted by molar-refractivity contribution is 14.0. The quantitative estimate of drug-likeness (QED) is 0.330. The summed E-state index contributed by atoms with van der Waals surface area (Å²) in [5, 5.41) is 15.0. The number of hydrogen-bond donors (Lipinski definition) is 2. The molecule has 1 amide bonds. The van der Waals surface area contributed by atoms with E-state index >= 15 is 0 Å². The first-order valence-corrected chi connectivity index (χ1v) is 9.72. The Morgan fingerprint density at radius 1 is 1.26 bits per heavy atom. The molecule has 0 aromatic carbocycles. The van der Waals surface area contributed by atoms with Crippen LogP contribution in [0.1, 0.15) is 57.6 Å². The van der Waals surface area contributed by atoms with E-state index in [1.165, 1.54) is 25.7 Å². The lowest BCUT2D eigenvalue weighted by Gasteiger charge is -2.20. The zero-order valence-corrected chi connectivity index (χ0v) is 19.3. The lowest BCUT2D eigenvalue weighted by Crippen LogP contribution is -2.44. The summed E-state index contributed by atoms with van der Waals surface area (Å²) in [5.41, 5.74) is 0. The van der Waals surface area contributed by atoms with Gasteiger partial charge < -0.3 is 20.1 Å². The molecule has 0 bridgehead atoms. The summed E-state index contributed by atoms with van der Waals surface area (Å²) in [6.45, 7) is 8.48. The van der Waals surface area contributed by atoms with Crippen LogP contribution in [0.2, 0.25) is 0 Å². The van der Waals surface area contributed by atoms with Crippen molar-refractivity contribution in [1.82, 2.24) is 30.3 Å². The van der Waals surface area contributed by atoms with Crippen LogP contribution in [-0.2, 0) is 18.4 Å². The second-order valence-corrected chi connectivity index (χ2v) is 6.76. The van der Waals surface area contributed by atoms with Gasteiger partial charge in [0.25, 0.3) is 0 Å². The van der Waals surface area contributed by atoms with Gasteiger partial charge in [-0.05, 0) is 33.6 Å². The third-order valence-corrected chi connectivity index (χ3v) is 5.00. The van der Waals surface area contributed by atoms with Crippen molar-refractivity contribution in [2.75, 3.05) is 19.6 Å². The van der Waals surface area contributed by atoms with E-state index in [2.05, 4.69) is 25.8 Å². The van der Waals surface area contributed by atoms with Gasteiger partial charge in [-0.1, -0.05) is 12.8 Å². The van der Waals surface area contributed by atoms with Crippen molar-refractivity contribution in [3.8, 4) is 0 Å². The van der Waals surface area contributed by atoms with Crippen LogP contribution in [0.25, 0.3) is 0 Å². The van der Waals surface area contributed by atoms with Crippen LogP contribution >= 0.6 is 24.0 Å². The first-order chi connectivity index (χ1) is 12.5. The van der Waals surface area contributed by atoms with Gasteiger partial charge in [0.2, 0.25) is 5.91 Å². The monoisotopic (exact) mass is 491 g/mol. The molecule has 1 heterocycles. The number of hydrogen-bond acceptors (Lipinski definition) is 4. The topological polar surface area (TPSA) is 87.4 Å². The summed E-state index contributed by atoms with van der Waals surface area (Å²) < 4.78 is 1.95. The smallest absolute Gasteiger partial charge is 0.224 e. The van der Waals surface area contributed by atoms with E-state index < -0.39 is 0 Å². The lowest BCUT2D eigenvalue weighted by atomic mass is 10.2. The van der Waals surface area contributed by atoms with Gasteiger partial charge in [0.1, 0.15) is 12.4 Å². The van der Waals surface area contributed by atoms with Gasteiger partial charge in [-0.3, -0.25) is 4.79 Å². The summed E-state index contributed by atoms with van der Waals surface area (Å²) >= 11 is 0. The van der Waals surface area contributed by atoms with Gasteiger partial charge in [-0.2, -0.15) is 0 Å². The van der Waals surface area contributed by atoms with Crippen LogP contribution in [0.15, 0.2) is 4.99 Å². The predicted octanol–water partition coefficient (Wildman–Crippen LogP) is 1.98. The molecule has 1 aliphatic rings. The molecule has 1 saturated carbocycles. The van der Waals surface area contributed by atoms with Crippen LogP contribution in [0.3, 0.4) is 0 Å². The molecular formula is C18H34IN7O. The first kappa shape index (κ1) is 23.6. The number of rotatable bonds is 8. The highest BCUT2D eigenvalue weighted by Gasteiger charge is 2.17. The van der Waals surface area contributed by atoms with E-state index in [0.29, 0.717) is 25.6 Å². The minimum atomic E-state index is 0. The molecule has 154 valence electrons. The van der Waals surface area contributed by atoms with Crippen LogP contribution in [-0.4, -0.2) is 57.2 Å². The molecule has 0 unspecified atom stereocenters. The Morgan fingerprint density at radius 3 is 2.48 bits per heavy atom. The normalized spacial score (nSPS) is 14.7. The van der Waals surface area contributed by atoms with Crippen molar-refractivity contribution < 1.29 is 4.79 Å². The van der Waals surface area contributed by atoms with Gasteiger partial charge in [-0.25, -0.2) is 4.99 Å². The first-order valence-electron chi connectivity index (χ1n) is 9.72. The average Bonchev–Trinajstić information content (AvgIpc) is 3.25. The van der Waals surface area contributed by atoms with E-state index in [4.69, 9.17) is 0 Å². The van der Waals surface area contributed by atoms with E-state index in [9.17, 15) is 4.79 Å². The molecule has 8 nitrogen and oxygen atoms in total. The van der Waals surface area contributed by atoms with Crippen LogP contribution in [0.4, 0.5) is 0 Å². The van der Waals surface area contributed by atoms with Crippen molar-refractivity contribution in [2.45, 2.75) is 65.5 Å². The van der Waals surface area contributed by atoms with E-state index in [1.807, 2.05) is 37.3 Å². The molecule has 0 aliphatic heterocycles. The Hall–Kier alpha value is -1.39. The lowest BCUT2D eigenvalue weighted by molar-refractivity contribution is -0.130. The molecule has 1 fully saturated rings. The molecule has 0 spiro atoms. The highest BCUT2D eigenvalue weighted by atomic mass is 127. The maximum absolute atomic E-state index is 12.2. The predicted molar refractivity (Wildman–Crippen MR) is 118 cm³/mol. The molecule has 2 N–H and O–H groups in total. The standard InChI is InChI=1S/C18H33N7O.HI/c1-5-25(6-2)17(26)11-12-19-18(21-15-9-7-8-10-15)20-13-16-23-22-14(3)24(16)4;/h15H,5-13H2,1-4H3,(H2,19,20,21);1H. The molecule has 27 heavy (non-hydrogen) atoms. The molecule has 0 radical (unpaired) electrons. The zero-order valence-electron chi connectivity index (χ0n) is 17.0. The number of nitrogens with one attached hydrogen (secondary N) is 2. The zero-order chi connectivity index (χ0) is 18.9. The maximum atomic E-state index is 12.2. The third kappa shape index (κ3) is 7.27. The Kier molecular flexibility index (Phi) is 10.6. The number of nitrogens with zero attached hydrogens (tertiary/aromatic N) is 5. The van der Waals surface area contributed by atoms with Crippen molar-refractivity contribution in [3.05, 3.63) is 11.6 Å². The molecule has 1 aromatic rings. The molecule has 0 saturated heterocycles. The van der Waals surface area contributed by atoms with Gasteiger partial charge in [0.05, 0.1) is 0 Å². The fourth-order valence-corrected chi connectivity index (χ4v) is 3.18. The summed E-state index contributed by atoms with van der Waals surface area (Å²) in [6, 6.07) is 0.459. The summed E-state index contributed by atoms with van der Waals surface area (Å²) in [4.78, 5) is 18.7. The SMILES string of the molecule is CCN(CC)C(=O)CCNC(=NCc1nnc(C)n1C)NC1CCCC1.I. The van der Waals surface area contributed by atoms with E-state index in [0.717, 1.165) is 30.7 Å². The van der Waals surface area contributed by atoms with Gasteiger partial charge in [0, 0.05) is 39.1 Å². The summed E-state index contributed by atoms with van der Waals surface area (Å²) in [7, 11) is 1.94. The second kappa shape index (κ2) is 12.1. The molecule has 2 rings (SSSR count). The van der Waals surface area contributed by atoms with Crippen LogP contribution in [0, 0.1) is 6.92 Å². The van der Waals surface area contributed by atoms with Crippen molar-refractivity contribution in [2.24, 2.45) is 12.0 Å². The highest BCUT2D eigenvalue weighted by Crippen LogP contribution is 2.17. The number of amides is 1. The number of halogens is 1. The Balaban J connectivity index is 0.00000364. The largest absolute Gasteiger partial charge is 0.356 e. The Labute approximate surface area is 179 Å². The van der Waals surface area contributed by atoms with Gasteiger partial charge in [0.15, 0.2) is 11.8 Å². The van der Waals surface area contributed by atoms with E-state index in [1.54, 1.807) is 0 Å². The van der Waals surface area contributed by atoms with Crippen molar-refractivity contribution in [3.63, 3.8) is 0 Å². The Bertz CT molecular complexity index is 607. The molecule has 0 atom stereocenters.